The van der Waals surface area contributed by atoms with Crippen LogP contribution in [0.2, 0.25) is 0 Å². The number of rotatable bonds is 7. The van der Waals surface area contributed by atoms with Gasteiger partial charge in [0.05, 0.1) is 23.5 Å². The number of ether oxygens (including phenoxy) is 1. The van der Waals surface area contributed by atoms with Crippen LogP contribution in [0.5, 0.6) is 5.75 Å². The normalized spacial score (nSPS) is 28.1. The van der Waals surface area contributed by atoms with Crippen LogP contribution in [0.4, 0.5) is 10.1 Å². The summed E-state index contributed by atoms with van der Waals surface area (Å²) in [4.78, 5) is 22.5. The lowest BCUT2D eigenvalue weighted by atomic mass is 9.78. The Hall–Kier alpha value is -3.02. The van der Waals surface area contributed by atoms with Crippen molar-refractivity contribution in [3.8, 4) is 5.75 Å². The summed E-state index contributed by atoms with van der Waals surface area (Å²) in [5, 5.41) is 3.93. The number of carbonyl (C=O) groups is 1. The molecule has 4 aliphatic rings. The molecule has 0 aliphatic heterocycles. The maximum Gasteiger partial charge on any atom is 0.228 e. The third-order valence-corrected chi connectivity index (χ3v) is 9.03. The number of nitrogens with one attached hydrogen (secondary N) is 1. The predicted octanol–water partition coefficient (Wildman–Crippen LogP) is 6.49. The Bertz CT molecular complexity index is 1290. The predicted molar refractivity (Wildman–Crippen MR) is 136 cm³/mol. The van der Waals surface area contributed by atoms with Gasteiger partial charge in [-0.15, -0.1) is 0 Å². The Kier molecular flexibility index (Phi) is 5.44. The molecular formula is C30H32FN3O2. The molecule has 1 aromatic carbocycles. The van der Waals surface area contributed by atoms with Crippen molar-refractivity contribution in [3.63, 3.8) is 0 Å². The molecule has 5 atom stereocenters. The lowest BCUT2D eigenvalue weighted by Gasteiger charge is -2.28. The van der Waals surface area contributed by atoms with E-state index >= 15 is 0 Å². The lowest BCUT2D eigenvalue weighted by Crippen LogP contribution is -2.33. The van der Waals surface area contributed by atoms with Crippen molar-refractivity contribution in [2.45, 2.75) is 63.4 Å². The topological polar surface area (TPSA) is 64.1 Å². The second-order valence-electron chi connectivity index (χ2n) is 11.4. The Morgan fingerprint density at radius 1 is 1.00 bits per heavy atom. The minimum Gasteiger partial charge on any atom is -0.490 e. The smallest absolute Gasteiger partial charge is 0.228 e. The Labute approximate surface area is 210 Å². The van der Waals surface area contributed by atoms with Gasteiger partial charge in [0.2, 0.25) is 5.91 Å². The van der Waals surface area contributed by atoms with Crippen LogP contribution in [-0.4, -0.2) is 22.0 Å². The molecule has 4 aliphatic carbocycles. The van der Waals surface area contributed by atoms with Gasteiger partial charge in [0.15, 0.2) is 0 Å². The van der Waals surface area contributed by atoms with Crippen LogP contribution in [0, 0.1) is 35.4 Å². The van der Waals surface area contributed by atoms with E-state index in [0.717, 1.165) is 60.8 Å². The van der Waals surface area contributed by atoms with E-state index in [1.807, 2.05) is 18.3 Å². The van der Waals surface area contributed by atoms with Gasteiger partial charge in [0.1, 0.15) is 11.6 Å². The third kappa shape index (κ3) is 4.25. The zero-order chi connectivity index (χ0) is 24.2. The molecule has 1 unspecified atom stereocenters. The average Bonchev–Trinajstić information content (AvgIpc) is 3.80. The number of nitrogens with zero attached hydrogens (tertiary/aromatic N) is 2. The van der Waals surface area contributed by atoms with Crippen LogP contribution >= 0.6 is 0 Å². The SMILES string of the molecule is O=C(Nc1ccc(C2CC2)nc1)C(C1CC1)[C@@H]1CC[C@@H]2C[C@@H](Oc3ccnc4ccc(F)cc34)C[C@@H]21. The average molecular weight is 486 g/mol. The zero-order valence-corrected chi connectivity index (χ0v) is 20.4. The summed E-state index contributed by atoms with van der Waals surface area (Å²) in [6, 6.07) is 10.6. The molecular weight excluding hydrogens is 453 g/mol. The number of amides is 1. The Balaban J connectivity index is 1.05. The molecule has 2 aromatic heterocycles. The van der Waals surface area contributed by atoms with Crippen LogP contribution < -0.4 is 10.1 Å². The molecule has 7 rings (SSSR count). The molecule has 4 saturated carbocycles. The summed E-state index contributed by atoms with van der Waals surface area (Å²) in [6.45, 7) is 0. The van der Waals surface area contributed by atoms with Crippen LogP contribution in [0.3, 0.4) is 0 Å². The number of fused-ring (bicyclic) bond motifs is 2. The van der Waals surface area contributed by atoms with Crippen molar-refractivity contribution in [3.05, 3.63) is 60.3 Å². The van der Waals surface area contributed by atoms with Gasteiger partial charge in [-0.05, 0) is 111 Å². The number of pyridine rings is 2. The first-order valence-corrected chi connectivity index (χ1v) is 13.6. The summed E-state index contributed by atoms with van der Waals surface area (Å²) in [7, 11) is 0. The highest BCUT2D eigenvalue weighted by Crippen LogP contribution is 2.55. The van der Waals surface area contributed by atoms with Gasteiger partial charge in [0, 0.05) is 29.1 Å². The highest BCUT2D eigenvalue weighted by molar-refractivity contribution is 5.93. The first kappa shape index (κ1) is 22.2. The van der Waals surface area contributed by atoms with Gasteiger partial charge < -0.3 is 10.1 Å². The van der Waals surface area contributed by atoms with Crippen molar-refractivity contribution >= 4 is 22.5 Å². The summed E-state index contributed by atoms with van der Waals surface area (Å²) < 4.78 is 20.4. The highest BCUT2D eigenvalue weighted by Gasteiger charge is 2.52. The van der Waals surface area contributed by atoms with Gasteiger partial charge in [0.25, 0.3) is 0 Å². The first-order valence-electron chi connectivity index (χ1n) is 13.6. The minimum atomic E-state index is -0.278. The second-order valence-corrected chi connectivity index (χ2v) is 11.4. The molecule has 4 fully saturated rings. The Morgan fingerprint density at radius 3 is 2.67 bits per heavy atom. The van der Waals surface area contributed by atoms with E-state index in [9.17, 15) is 9.18 Å². The van der Waals surface area contributed by atoms with Gasteiger partial charge in [-0.1, -0.05) is 0 Å². The van der Waals surface area contributed by atoms with Crippen molar-refractivity contribution in [1.82, 2.24) is 9.97 Å². The van der Waals surface area contributed by atoms with Crippen molar-refractivity contribution in [2.75, 3.05) is 5.32 Å². The first-order chi connectivity index (χ1) is 17.6. The lowest BCUT2D eigenvalue weighted by molar-refractivity contribution is -0.122. The quantitative estimate of drug-likeness (QED) is 0.415. The summed E-state index contributed by atoms with van der Waals surface area (Å²) >= 11 is 0. The van der Waals surface area contributed by atoms with Gasteiger partial charge in [-0.2, -0.15) is 0 Å². The highest BCUT2D eigenvalue weighted by atomic mass is 19.1. The van der Waals surface area contributed by atoms with E-state index in [-0.39, 0.29) is 23.7 Å². The zero-order valence-electron chi connectivity index (χ0n) is 20.4. The molecule has 0 radical (unpaired) electrons. The minimum absolute atomic E-state index is 0.0673. The van der Waals surface area contributed by atoms with Crippen LogP contribution in [0.25, 0.3) is 10.9 Å². The largest absolute Gasteiger partial charge is 0.490 e. The number of carbonyl (C=O) groups excluding carboxylic acids is 1. The number of hydrogen-bond donors (Lipinski definition) is 1. The van der Waals surface area contributed by atoms with Crippen LogP contribution in [0.1, 0.15) is 63.0 Å². The molecule has 0 saturated heterocycles. The molecule has 6 heteroatoms. The number of hydrogen-bond acceptors (Lipinski definition) is 4. The van der Waals surface area contributed by atoms with Crippen molar-refractivity contribution < 1.29 is 13.9 Å². The maximum absolute atomic E-state index is 13.9. The standard InChI is InChI=1S/C30H32FN3O2/c31-20-6-9-27-25(14-20)28(11-12-32-27)36-22-13-19-5-8-23(24(19)15-22)29(18-3-4-18)30(35)34-21-7-10-26(33-16-21)17-1-2-17/h6-7,9-12,14,16-19,22-24,29H,1-5,8,13,15H2,(H,34,35)/t19-,22-,23-,24+,29?/m1/s1. The van der Waals surface area contributed by atoms with E-state index in [0.29, 0.717) is 35.3 Å². The molecule has 5 nitrogen and oxygen atoms in total. The molecule has 2 heterocycles. The number of anilines is 1. The fraction of sp³-hybridized carbons (Fsp3) is 0.500. The molecule has 1 N–H and O–H groups in total. The molecule has 3 aromatic rings. The monoisotopic (exact) mass is 485 g/mol. The summed E-state index contributed by atoms with van der Waals surface area (Å²) in [6.07, 6.45) is 12.7. The molecule has 36 heavy (non-hydrogen) atoms. The van der Waals surface area contributed by atoms with E-state index in [4.69, 9.17) is 4.74 Å². The van der Waals surface area contributed by atoms with Gasteiger partial charge in [-0.25, -0.2) is 4.39 Å². The fourth-order valence-electron chi connectivity index (χ4n) is 7.04. The van der Waals surface area contributed by atoms with Crippen molar-refractivity contribution in [1.29, 1.82) is 0 Å². The second kappa shape index (κ2) is 8.82. The van der Waals surface area contributed by atoms with E-state index in [1.54, 1.807) is 12.3 Å². The molecule has 1 amide bonds. The third-order valence-electron chi connectivity index (χ3n) is 9.03. The Morgan fingerprint density at radius 2 is 1.89 bits per heavy atom. The van der Waals surface area contributed by atoms with Crippen LogP contribution in [0.15, 0.2) is 48.8 Å². The van der Waals surface area contributed by atoms with Gasteiger partial charge >= 0.3 is 0 Å². The van der Waals surface area contributed by atoms with Crippen molar-refractivity contribution in [2.24, 2.45) is 29.6 Å². The van der Waals surface area contributed by atoms with E-state index in [2.05, 4.69) is 21.4 Å². The molecule has 0 bridgehead atoms. The molecule has 186 valence electrons. The number of aromatic nitrogens is 2. The molecule has 0 spiro atoms. The van der Waals surface area contributed by atoms with Crippen LogP contribution in [-0.2, 0) is 4.79 Å². The van der Waals surface area contributed by atoms with Gasteiger partial charge in [-0.3, -0.25) is 14.8 Å². The fourth-order valence-corrected chi connectivity index (χ4v) is 7.04. The number of halogens is 1. The number of benzene rings is 1. The maximum atomic E-state index is 13.9. The summed E-state index contributed by atoms with van der Waals surface area (Å²) in [5.74, 6) is 3.29. The van der Waals surface area contributed by atoms with E-state index in [1.165, 1.54) is 25.0 Å². The summed E-state index contributed by atoms with van der Waals surface area (Å²) in [5.41, 5.74) is 2.70. The van der Waals surface area contributed by atoms with E-state index < -0.39 is 0 Å².